The Morgan fingerprint density at radius 2 is 2.26 bits per heavy atom. The molecule has 6 heteroatoms. The third kappa shape index (κ3) is 5.48. The predicted octanol–water partition coefficient (Wildman–Crippen LogP) is 1.77. The van der Waals surface area contributed by atoms with Gasteiger partial charge in [-0.1, -0.05) is 13.3 Å². The van der Waals surface area contributed by atoms with Crippen LogP contribution in [-0.4, -0.2) is 35.7 Å². The van der Waals surface area contributed by atoms with Crippen molar-refractivity contribution in [1.29, 1.82) is 0 Å². The molecule has 6 nitrogen and oxygen atoms in total. The number of carbonyl (C=O) groups is 1. The molecule has 0 saturated carbocycles. The molecule has 2 rings (SSSR count). The molecule has 1 saturated heterocycles. The first-order chi connectivity index (χ1) is 11.0. The highest BCUT2D eigenvalue weighted by molar-refractivity contribution is 5.85. The van der Waals surface area contributed by atoms with Crippen molar-refractivity contribution >= 4 is 5.91 Å². The van der Waals surface area contributed by atoms with Gasteiger partial charge >= 0.3 is 0 Å². The number of hydrogen-bond acceptors (Lipinski definition) is 5. The minimum Gasteiger partial charge on any atom is -0.474 e. The molecule has 0 bridgehead atoms. The zero-order valence-corrected chi connectivity index (χ0v) is 14.0. The summed E-state index contributed by atoms with van der Waals surface area (Å²) >= 11 is 0. The molecule has 1 atom stereocenters. The Labute approximate surface area is 137 Å². The molecule has 1 aromatic rings. The van der Waals surface area contributed by atoms with E-state index in [1.165, 1.54) is 0 Å². The second kappa shape index (κ2) is 8.26. The summed E-state index contributed by atoms with van der Waals surface area (Å²) in [4.78, 5) is 16.4. The van der Waals surface area contributed by atoms with E-state index in [1.54, 1.807) is 13.1 Å². The number of nitrogens with one attached hydrogen (secondary N) is 1. The van der Waals surface area contributed by atoms with Gasteiger partial charge in [0.1, 0.15) is 6.10 Å². The average Bonchev–Trinajstić information content (AvgIpc) is 2.54. The number of amides is 1. The number of ether oxygens (including phenoxy) is 2. The summed E-state index contributed by atoms with van der Waals surface area (Å²) in [5.41, 5.74) is 6.14. The molecule has 0 radical (unpaired) electrons. The van der Waals surface area contributed by atoms with E-state index in [0.29, 0.717) is 18.8 Å². The first-order valence-corrected chi connectivity index (χ1v) is 8.28. The van der Waals surface area contributed by atoms with Crippen molar-refractivity contribution in [3.8, 4) is 5.88 Å². The highest BCUT2D eigenvalue weighted by Crippen LogP contribution is 2.17. The van der Waals surface area contributed by atoms with Crippen molar-refractivity contribution in [3.05, 3.63) is 23.9 Å². The SMILES string of the molecule is CCCC(C)(N)C(=O)NCc1ccnc(OC2CCOCC2)c1. The van der Waals surface area contributed by atoms with E-state index in [4.69, 9.17) is 15.2 Å². The second-order valence-electron chi connectivity index (χ2n) is 6.28. The van der Waals surface area contributed by atoms with Crippen molar-refractivity contribution in [3.63, 3.8) is 0 Å². The number of rotatable bonds is 7. The van der Waals surface area contributed by atoms with Gasteiger partial charge in [-0.3, -0.25) is 4.79 Å². The van der Waals surface area contributed by atoms with Crippen molar-refractivity contribution in [1.82, 2.24) is 10.3 Å². The average molecular weight is 321 g/mol. The zero-order valence-electron chi connectivity index (χ0n) is 14.0. The number of hydrogen-bond donors (Lipinski definition) is 2. The summed E-state index contributed by atoms with van der Waals surface area (Å²) in [7, 11) is 0. The largest absolute Gasteiger partial charge is 0.474 e. The topological polar surface area (TPSA) is 86.5 Å². The maximum Gasteiger partial charge on any atom is 0.240 e. The Balaban J connectivity index is 1.88. The lowest BCUT2D eigenvalue weighted by atomic mass is 9.96. The highest BCUT2D eigenvalue weighted by atomic mass is 16.5. The lowest BCUT2D eigenvalue weighted by Gasteiger charge is -2.23. The normalized spacial score (nSPS) is 18.2. The van der Waals surface area contributed by atoms with Crippen LogP contribution in [0.3, 0.4) is 0 Å². The van der Waals surface area contributed by atoms with Crippen molar-refractivity contribution in [2.45, 2.75) is 57.7 Å². The molecule has 0 spiro atoms. The minimum absolute atomic E-state index is 0.136. The van der Waals surface area contributed by atoms with Gasteiger partial charge in [-0.25, -0.2) is 4.98 Å². The standard InChI is InChI=1S/C17H27N3O3/c1-3-7-17(2,18)16(21)20-12-13-4-8-19-15(11-13)23-14-5-9-22-10-6-14/h4,8,11,14H,3,5-7,9-10,12,18H2,1-2H3,(H,20,21). The van der Waals surface area contributed by atoms with Gasteiger partial charge in [0.25, 0.3) is 0 Å². The van der Waals surface area contributed by atoms with Crippen LogP contribution in [-0.2, 0) is 16.1 Å². The molecule has 1 unspecified atom stereocenters. The highest BCUT2D eigenvalue weighted by Gasteiger charge is 2.26. The molecule has 0 aromatic carbocycles. The third-order valence-corrected chi connectivity index (χ3v) is 4.00. The summed E-state index contributed by atoms with van der Waals surface area (Å²) in [5, 5.41) is 2.89. The molecule has 128 valence electrons. The van der Waals surface area contributed by atoms with Gasteiger partial charge in [-0.05, 0) is 25.0 Å². The first kappa shape index (κ1) is 17.7. The molecular formula is C17H27N3O3. The van der Waals surface area contributed by atoms with Crippen molar-refractivity contribution in [2.75, 3.05) is 13.2 Å². The summed E-state index contributed by atoms with van der Waals surface area (Å²) in [6.07, 6.45) is 5.14. The van der Waals surface area contributed by atoms with Gasteiger partial charge < -0.3 is 20.5 Å². The smallest absolute Gasteiger partial charge is 0.240 e. The van der Waals surface area contributed by atoms with Gasteiger partial charge in [-0.2, -0.15) is 0 Å². The molecule has 2 heterocycles. The van der Waals surface area contributed by atoms with Crippen LogP contribution >= 0.6 is 0 Å². The van der Waals surface area contributed by atoms with E-state index in [9.17, 15) is 4.79 Å². The number of aromatic nitrogens is 1. The van der Waals surface area contributed by atoms with E-state index in [2.05, 4.69) is 10.3 Å². The van der Waals surface area contributed by atoms with Crippen LogP contribution in [0.5, 0.6) is 5.88 Å². The Hall–Kier alpha value is -1.66. The second-order valence-corrected chi connectivity index (χ2v) is 6.28. The predicted molar refractivity (Wildman–Crippen MR) is 88.1 cm³/mol. The number of nitrogens with two attached hydrogens (primary N) is 1. The summed E-state index contributed by atoms with van der Waals surface area (Å²) in [6.45, 7) is 5.65. The summed E-state index contributed by atoms with van der Waals surface area (Å²) in [5.74, 6) is 0.454. The van der Waals surface area contributed by atoms with Gasteiger partial charge in [0, 0.05) is 31.6 Å². The van der Waals surface area contributed by atoms with Crippen molar-refractivity contribution in [2.24, 2.45) is 5.73 Å². The van der Waals surface area contributed by atoms with E-state index in [-0.39, 0.29) is 12.0 Å². The number of carbonyl (C=O) groups excluding carboxylic acids is 1. The number of nitrogens with zero attached hydrogens (tertiary/aromatic N) is 1. The fourth-order valence-electron chi connectivity index (χ4n) is 2.61. The third-order valence-electron chi connectivity index (χ3n) is 4.00. The van der Waals surface area contributed by atoms with Crippen LogP contribution in [0.2, 0.25) is 0 Å². The van der Waals surface area contributed by atoms with Crippen LogP contribution < -0.4 is 15.8 Å². The van der Waals surface area contributed by atoms with Crippen LogP contribution in [0, 0.1) is 0 Å². The summed E-state index contributed by atoms with van der Waals surface area (Å²) in [6, 6.07) is 3.73. The van der Waals surface area contributed by atoms with E-state index >= 15 is 0 Å². The molecule has 1 aliphatic rings. The van der Waals surface area contributed by atoms with E-state index < -0.39 is 5.54 Å². The fourth-order valence-corrected chi connectivity index (χ4v) is 2.61. The lowest BCUT2D eigenvalue weighted by Crippen LogP contribution is -2.51. The fraction of sp³-hybridized carbons (Fsp3) is 0.647. The maximum absolute atomic E-state index is 12.1. The Morgan fingerprint density at radius 3 is 2.96 bits per heavy atom. The Bertz CT molecular complexity index is 514. The minimum atomic E-state index is -0.830. The quantitative estimate of drug-likeness (QED) is 0.799. The Kier molecular flexibility index (Phi) is 6.36. The van der Waals surface area contributed by atoms with Gasteiger partial charge in [0.05, 0.1) is 18.8 Å². The lowest BCUT2D eigenvalue weighted by molar-refractivity contribution is -0.126. The molecular weight excluding hydrogens is 294 g/mol. The van der Waals surface area contributed by atoms with Gasteiger partial charge in [-0.15, -0.1) is 0 Å². The molecule has 23 heavy (non-hydrogen) atoms. The van der Waals surface area contributed by atoms with E-state index in [1.807, 2.05) is 19.1 Å². The van der Waals surface area contributed by atoms with Crippen LogP contribution in [0.25, 0.3) is 0 Å². The maximum atomic E-state index is 12.1. The van der Waals surface area contributed by atoms with Gasteiger partial charge in [0.15, 0.2) is 0 Å². The first-order valence-electron chi connectivity index (χ1n) is 8.28. The van der Waals surface area contributed by atoms with Crippen molar-refractivity contribution < 1.29 is 14.3 Å². The van der Waals surface area contributed by atoms with Crippen LogP contribution in [0.4, 0.5) is 0 Å². The molecule has 1 aromatic heterocycles. The monoisotopic (exact) mass is 321 g/mol. The molecule has 1 fully saturated rings. The van der Waals surface area contributed by atoms with Crippen LogP contribution in [0.1, 0.15) is 45.1 Å². The summed E-state index contributed by atoms with van der Waals surface area (Å²) < 4.78 is 11.2. The molecule has 0 aliphatic carbocycles. The van der Waals surface area contributed by atoms with Gasteiger partial charge in [0.2, 0.25) is 11.8 Å². The molecule has 1 amide bonds. The molecule has 1 aliphatic heterocycles. The molecule has 3 N–H and O–H groups in total. The van der Waals surface area contributed by atoms with E-state index in [0.717, 1.165) is 38.0 Å². The number of pyridine rings is 1. The zero-order chi connectivity index (χ0) is 16.7. The van der Waals surface area contributed by atoms with Crippen LogP contribution in [0.15, 0.2) is 18.3 Å². The Morgan fingerprint density at radius 1 is 1.52 bits per heavy atom.